The second kappa shape index (κ2) is 414. The molecule has 2 N–H and O–H groups in total. The van der Waals surface area contributed by atoms with Crippen molar-refractivity contribution in [3.63, 3.8) is 0 Å². The van der Waals surface area contributed by atoms with Crippen molar-refractivity contribution in [1.29, 1.82) is 0 Å². The minimum atomic E-state index is 0. The van der Waals surface area contributed by atoms with Crippen molar-refractivity contribution in [2.24, 2.45) is 0 Å². The Kier molecular flexibility index (Phi) is 1780. The Labute approximate surface area is 115 Å². The minimum absolute atomic E-state index is 0. The molecule has 0 spiro atoms. The molecule has 0 aromatic carbocycles. The third kappa shape index (κ3) is 2400. The second-order valence-corrected chi connectivity index (χ2v) is 0.250. The molecular weight excluding hydrogens is 456 g/mol. The van der Waals surface area contributed by atoms with E-state index in [2.05, 4.69) is 12.4 Å². The molecule has 0 unspecified atom stereocenters. The van der Waals surface area contributed by atoms with Crippen molar-refractivity contribution in [2.45, 2.75) is 14.9 Å². The molecule has 0 aliphatic heterocycles. The number of rotatable bonds is 0. The summed E-state index contributed by atoms with van der Waals surface area (Å²) in [5.41, 5.74) is 0. The first-order valence-corrected chi connectivity index (χ1v) is 1.77. The van der Waals surface area contributed by atoms with Gasteiger partial charge in [0.15, 0.2) is 0 Å². The van der Waals surface area contributed by atoms with Crippen LogP contribution in [0, 0.1) is 31.1 Å². The molecule has 0 aliphatic rings. The molecule has 8 nitrogen and oxygen atoms in total. The Morgan fingerprint density at radius 3 is 0.667 bits per heavy atom. The van der Waals surface area contributed by atoms with Gasteiger partial charge in [-0.2, -0.15) is 28.8 Å². The van der Waals surface area contributed by atoms with E-state index < -0.39 is 0 Å². The van der Waals surface area contributed by atoms with Gasteiger partial charge < -0.3 is 10.3 Å². The van der Waals surface area contributed by atoms with Crippen molar-refractivity contribution in [1.82, 2.24) is 0 Å². The predicted octanol–water partition coefficient (Wildman–Crippen LogP) is -1.02. The molecule has 0 heterocycles. The first kappa shape index (κ1) is 64.5. The molecule has 0 atom stereocenters. The van der Waals surface area contributed by atoms with Crippen molar-refractivity contribution in [3.8, 4) is 0 Å². The first-order valence-electron chi connectivity index (χ1n) is 1.41. The van der Waals surface area contributed by atoms with E-state index in [9.17, 15) is 0 Å². The maximum absolute atomic E-state index is 8.12. The summed E-state index contributed by atoms with van der Waals surface area (Å²) in [5, 5.41) is 0. The quantitative estimate of drug-likeness (QED) is 0.443. The Morgan fingerprint density at radius 2 is 0.667 bits per heavy atom. The van der Waals surface area contributed by atoms with Gasteiger partial charge in [0.05, 0.1) is 0 Å². The fourth-order valence-corrected chi connectivity index (χ4v) is 0. The summed E-state index contributed by atoms with van der Waals surface area (Å²) >= 11 is 3.08. The Balaban J connectivity index is -0.00000000673. The monoisotopic (exact) mass is 466 g/mol. The van der Waals surface area contributed by atoms with E-state index in [0.29, 0.717) is 0 Å². The van der Waals surface area contributed by atoms with Crippen LogP contribution in [0.5, 0.6) is 0 Å². The molecule has 0 saturated heterocycles. The van der Waals surface area contributed by atoms with Crippen LogP contribution in [0.4, 0.5) is 0 Å². The average molecular weight is 466 g/mol. The number of hydrogen-bond acceptors (Lipinski definition) is 7. The predicted molar refractivity (Wildman–Crippen MR) is 42.8 cm³/mol. The molecular formula is C5H10NO7SU-. The third-order valence-corrected chi connectivity index (χ3v) is 0. The minimum Gasteiger partial charge on any atom is -0.742 e. The molecule has 0 amide bonds. The summed E-state index contributed by atoms with van der Waals surface area (Å²) in [7, 11) is 0. The zero-order chi connectivity index (χ0) is 10.1. The van der Waals surface area contributed by atoms with E-state index in [1.54, 1.807) is 0 Å². The summed E-state index contributed by atoms with van der Waals surface area (Å²) in [5.74, 6) is 0. The van der Waals surface area contributed by atoms with E-state index >= 15 is 0 Å². The maximum atomic E-state index is 8.12. The molecule has 10 heteroatoms. The van der Waals surface area contributed by atoms with Crippen molar-refractivity contribution >= 4 is 30.9 Å². The average Bonchev–Trinajstić information content (AvgIpc) is 1.96. The smallest absolute Gasteiger partial charge is 0.373 e. The van der Waals surface area contributed by atoms with Crippen LogP contribution in [-0.2, 0) is 41.2 Å². The summed E-state index contributed by atoms with van der Waals surface area (Å²) < 4.78 is 6.58. The van der Waals surface area contributed by atoms with Crippen LogP contribution in [0.15, 0.2) is 0 Å². The first-order chi connectivity index (χ1) is 5.24. The normalized spacial score (nSPS) is 1.87. The van der Waals surface area contributed by atoms with Crippen molar-refractivity contribution in [2.75, 3.05) is 0 Å². The van der Waals surface area contributed by atoms with Gasteiger partial charge in [0.2, 0.25) is 0 Å². The van der Waals surface area contributed by atoms with Crippen LogP contribution in [-0.4, -0.2) is 23.9 Å². The van der Waals surface area contributed by atoms with Crippen LogP contribution in [0.3, 0.4) is 0 Å². The summed E-state index contributed by atoms with van der Waals surface area (Å²) in [6, 6.07) is 0. The van der Waals surface area contributed by atoms with Gasteiger partial charge in [-0.05, 0) is 0 Å². The number of nitrogens with zero attached hydrogens (tertiary/aromatic N) is 1. The van der Waals surface area contributed by atoms with E-state index in [-0.39, 0.29) is 69.9 Å². The topological polar surface area (TPSA) is 156 Å². The van der Waals surface area contributed by atoms with E-state index in [1.165, 1.54) is 0 Å². The third-order valence-electron chi connectivity index (χ3n) is 0. The van der Waals surface area contributed by atoms with Crippen molar-refractivity contribution < 1.29 is 65.4 Å². The van der Waals surface area contributed by atoms with Crippen LogP contribution < -0.4 is 0 Å². The molecule has 0 rings (SSSR count). The Hall–Kier alpha value is -0.828. The largest absolute Gasteiger partial charge is 0.742 e. The van der Waals surface area contributed by atoms with Gasteiger partial charge in [0.1, 0.15) is 0 Å². The van der Waals surface area contributed by atoms with Crippen molar-refractivity contribution in [3.05, 3.63) is 4.78 Å². The van der Waals surface area contributed by atoms with Gasteiger partial charge in [-0.1, -0.05) is 14.9 Å². The fourth-order valence-electron chi connectivity index (χ4n) is 0. The summed E-state index contributed by atoms with van der Waals surface area (Å²) in [6.45, 7) is 0. The fraction of sp³-hybridized carbons (Fsp3) is 0.400. The molecule has 0 aliphatic carbocycles. The molecule has 0 radical (unpaired) electrons. The maximum Gasteiger partial charge on any atom is 0.373 e. The molecule has 0 aromatic heterocycles. The zero-order valence-corrected chi connectivity index (χ0v) is 10.8. The summed E-state index contributed by atoms with van der Waals surface area (Å²) in [6.07, 6.45) is 0.750. The van der Waals surface area contributed by atoms with Gasteiger partial charge in [0.25, 0.3) is 0 Å². The Bertz CT molecular complexity index is 130. The molecule has 88 valence electrons. The standard InChI is InChI=1S/3CO2.2CH4.NS.H2O.U/c3*2-1-3;;;1-2;;/h;;;2*1H4;;1H2;/q;;;;;-1;;. The number of hydrogen-bond donors (Lipinski definition) is 0. The molecule has 15 heavy (non-hydrogen) atoms. The van der Waals surface area contributed by atoms with Crippen LogP contribution in [0.1, 0.15) is 14.9 Å². The Morgan fingerprint density at radius 1 is 0.667 bits per heavy atom. The van der Waals surface area contributed by atoms with E-state index in [4.69, 9.17) is 33.5 Å². The van der Waals surface area contributed by atoms with E-state index in [1.807, 2.05) is 0 Å². The summed E-state index contributed by atoms with van der Waals surface area (Å²) in [4.78, 5) is 48.8. The van der Waals surface area contributed by atoms with Crippen LogP contribution in [0.25, 0.3) is 4.78 Å². The van der Waals surface area contributed by atoms with Crippen LogP contribution >= 0.6 is 0 Å². The van der Waals surface area contributed by atoms with Gasteiger partial charge in [-0.25, -0.2) is 0 Å². The van der Waals surface area contributed by atoms with Gasteiger partial charge in [-0.15, -0.1) is 0 Å². The van der Waals surface area contributed by atoms with Gasteiger partial charge in [-0.3, -0.25) is 12.4 Å². The second-order valence-electron chi connectivity index (χ2n) is 0.250. The zero-order valence-electron chi connectivity index (χ0n) is 5.80. The van der Waals surface area contributed by atoms with Crippen LogP contribution in [0.2, 0.25) is 0 Å². The molecule has 0 saturated carbocycles. The SMILES string of the molecule is C.C.O.O=C=O.O=C=O.O=C=O.[N-]=S.[U]. The van der Waals surface area contributed by atoms with E-state index in [0.717, 1.165) is 0 Å². The van der Waals surface area contributed by atoms with Gasteiger partial charge >= 0.3 is 18.5 Å². The molecule has 0 aromatic rings. The molecule has 0 fully saturated rings. The van der Waals surface area contributed by atoms with Gasteiger partial charge in [0, 0.05) is 31.1 Å². The number of carbonyl (C=O) groups excluding carboxylic acids is 6. The molecule has 0 bridgehead atoms.